The predicted molar refractivity (Wildman–Crippen MR) is 133 cm³/mol. The summed E-state index contributed by atoms with van der Waals surface area (Å²) in [5.41, 5.74) is 10.0. The Morgan fingerprint density at radius 1 is 0.879 bits per heavy atom. The van der Waals surface area contributed by atoms with Gasteiger partial charge in [-0.1, -0.05) is 65.3 Å². The second kappa shape index (κ2) is 13.4. The molecule has 0 N–H and O–H groups in total. The van der Waals surface area contributed by atoms with E-state index in [2.05, 4.69) is 111 Å². The van der Waals surface area contributed by atoms with Crippen molar-refractivity contribution in [3.8, 4) is 11.1 Å². The van der Waals surface area contributed by atoms with Gasteiger partial charge < -0.3 is 24.8 Å². The Morgan fingerprint density at radius 3 is 1.88 bits per heavy atom. The smallest absolute Gasteiger partial charge is 1.00 e. The summed E-state index contributed by atoms with van der Waals surface area (Å²) in [6.45, 7) is 19.9. The monoisotopic (exact) mass is 558 g/mol. The molecule has 0 spiro atoms. The Morgan fingerprint density at radius 2 is 1.45 bits per heavy atom. The maximum Gasteiger partial charge on any atom is -1.00 e. The maximum atomic E-state index is 3.67. The van der Waals surface area contributed by atoms with Crippen LogP contribution >= 0.6 is 0 Å². The number of allylic oxidation sites excluding steroid dienone is 4. The topological polar surface area (TPSA) is 0 Å². The summed E-state index contributed by atoms with van der Waals surface area (Å²) >= 11 is 1.55. The molecule has 3 heteroatoms. The number of hydrogen-bond acceptors (Lipinski definition) is 0. The molecule has 0 atom stereocenters. The third-order valence-electron chi connectivity index (χ3n) is 5.34. The van der Waals surface area contributed by atoms with Crippen LogP contribution in [-0.2, 0) is 41.5 Å². The molecule has 2 aliphatic carbocycles. The third-order valence-corrected chi connectivity index (χ3v) is 5.34. The van der Waals surface area contributed by atoms with Gasteiger partial charge in [-0.15, -0.1) is 24.5 Å². The minimum Gasteiger partial charge on any atom is -1.00 e. The average molecular weight is 561 g/mol. The molecule has 0 unspecified atom stereocenters. The Bertz CT molecular complexity index is 931. The van der Waals surface area contributed by atoms with Crippen molar-refractivity contribution in [1.82, 2.24) is 0 Å². The molecule has 0 saturated heterocycles. The summed E-state index contributed by atoms with van der Waals surface area (Å²) < 4.78 is 1.51. The third kappa shape index (κ3) is 9.80. The van der Waals surface area contributed by atoms with Gasteiger partial charge in [0.15, 0.2) is 0 Å². The molecule has 4 rings (SSSR count). The molecule has 178 valence electrons. The van der Waals surface area contributed by atoms with Crippen molar-refractivity contribution in [2.45, 2.75) is 86.0 Å². The fraction of sp³-hybridized carbons (Fsp3) is 0.433. The van der Waals surface area contributed by atoms with E-state index in [1.807, 2.05) is 6.08 Å². The summed E-state index contributed by atoms with van der Waals surface area (Å²) in [6.07, 6.45) is 9.27. The summed E-state index contributed by atoms with van der Waals surface area (Å²) in [6, 6.07) is 15.2. The Kier molecular flexibility index (Phi) is 13.1. The van der Waals surface area contributed by atoms with E-state index in [0.717, 1.165) is 12.8 Å². The standard InChI is InChI=1S/C21H25.C6H7.C3H6.2ClH.Zr/c1-20(2,3)16-7-9-18-14(12-16)11-15-13-17(21(4,5)6)8-10-19(15)18;1-6-4-2-3-5-6;1-3-2;;;/h7-10,12H,11H2,1-6H3;4-5H,2H2,1H3;1-2H3;2*1H;/q2*-1;;;;+2/p-2. The largest absolute Gasteiger partial charge is 1.00 e. The van der Waals surface area contributed by atoms with Gasteiger partial charge in [-0.3, -0.25) is 6.08 Å². The minimum absolute atomic E-state index is 0. The van der Waals surface area contributed by atoms with Crippen molar-refractivity contribution in [3.05, 3.63) is 82.5 Å². The van der Waals surface area contributed by atoms with Gasteiger partial charge in [0.1, 0.15) is 0 Å². The summed E-state index contributed by atoms with van der Waals surface area (Å²) in [5.74, 6) is 0. The predicted octanol–water partition coefficient (Wildman–Crippen LogP) is 2.10. The van der Waals surface area contributed by atoms with E-state index in [-0.39, 0.29) is 35.6 Å². The van der Waals surface area contributed by atoms with Gasteiger partial charge in [0.2, 0.25) is 0 Å². The molecule has 0 saturated carbocycles. The van der Waals surface area contributed by atoms with Gasteiger partial charge in [-0.25, -0.2) is 11.6 Å². The molecule has 2 aromatic carbocycles. The van der Waals surface area contributed by atoms with Gasteiger partial charge in [0, 0.05) is 0 Å². The molecule has 0 bridgehead atoms. The van der Waals surface area contributed by atoms with Crippen LogP contribution < -0.4 is 24.8 Å². The van der Waals surface area contributed by atoms with Crippen LogP contribution in [0.25, 0.3) is 11.1 Å². The van der Waals surface area contributed by atoms with Crippen LogP contribution in [0.15, 0.2) is 48.1 Å². The quantitative estimate of drug-likeness (QED) is 0.370. The Balaban J connectivity index is 0.000000718. The first-order chi connectivity index (χ1) is 14.3. The molecule has 0 aliphatic heterocycles. The number of fused-ring (bicyclic) bond motifs is 3. The molecule has 0 radical (unpaired) electrons. The normalized spacial score (nSPS) is 13.1. The van der Waals surface area contributed by atoms with E-state index in [0.29, 0.717) is 0 Å². The SMILES string of the molecule is CC(C)(C)c1[c-]c2c(cc1)-c1ccc(C(C)(C)C)cc1C2.CC1=CC[C-]=C1.C[C](C)=[Zr+2].[Cl-].[Cl-]. The van der Waals surface area contributed by atoms with Crippen molar-refractivity contribution in [2.24, 2.45) is 0 Å². The fourth-order valence-corrected chi connectivity index (χ4v) is 3.53. The van der Waals surface area contributed by atoms with Crippen molar-refractivity contribution in [3.63, 3.8) is 0 Å². The van der Waals surface area contributed by atoms with Gasteiger partial charge in [0.25, 0.3) is 0 Å². The van der Waals surface area contributed by atoms with Gasteiger partial charge in [-0.05, 0) is 28.4 Å². The van der Waals surface area contributed by atoms with E-state index < -0.39 is 0 Å². The van der Waals surface area contributed by atoms with Gasteiger partial charge in [-0.2, -0.15) is 29.8 Å². The van der Waals surface area contributed by atoms with Gasteiger partial charge in [0.05, 0.1) is 0 Å². The molecule has 0 aromatic heterocycles. The van der Waals surface area contributed by atoms with Crippen molar-refractivity contribution in [1.29, 1.82) is 0 Å². The number of rotatable bonds is 0. The number of hydrogen-bond donors (Lipinski definition) is 0. The second-order valence-corrected chi connectivity index (χ2v) is 13.3. The zero-order valence-electron chi connectivity index (χ0n) is 21.7. The molecule has 0 fully saturated rings. The molecular formula is C30H38Cl2Zr-2. The maximum absolute atomic E-state index is 3.67. The van der Waals surface area contributed by atoms with Crippen LogP contribution in [0, 0.1) is 12.1 Å². The number of benzene rings is 2. The molecule has 33 heavy (non-hydrogen) atoms. The first kappa shape index (κ1) is 32.3. The number of halogens is 2. The van der Waals surface area contributed by atoms with E-state index in [4.69, 9.17) is 0 Å². The molecule has 2 aliphatic rings. The van der Waals surface area contributed by atoms with Crippen LogP contribution in [0.4, 0.5) is 0 Å². The Hall–Kier alpha value is -0.747. The summed E-state index contributed by atoms with van der Waals surface area (Å²) in [5, 5.41) is 0. The zero-order valence-corrected chi connectivity index (χ0v) is 25.7. The Labute approximate surface area is 230 Å². The molecular weight excluding hydrogens is 522 g/mol. The molecule has 0 heterocycles. The minimum atomic E-state index is 0. The second-order valence-electron chi connectivity index (χ2n) is 10.8. The molecule has 0 nitrogen and oxygen atoms in total. The van der Waals surface area contributed by atoms with E-state index in [9.17, 15) is 0 Å². The zero-order chi connectivity index (χ0) is 23.4. The van der Waals surface area contributed by atoms with Gasteiger partial charge >= 0.3 is 41.3 Å². The van der Waals surface area contributed by atoms with Crippen LogP contribution in [0.1, 0.15) is 91.0 Å². The summed E-state index contributed by atoms with van der Waals surface area (Å²) in [4.78, 5) is 0. The fourth-order valence-electron chi connectivity index (χ4n) is 3.53. The van der Waals surface area contributed by atoms with Crippen molar-refractivity contribution < 1.29 is 49.0 Å². The molecule has 0 amide bonds. The van der Waals surface area contributed by atoms with Crippen LogP contribution in [0.2, 0.25) is 0 Å². The van der Waals surface area contributed by atoms with Crippen molar-refractivity contribution in [2.75, 3.05) is 0 Å². The van der Waals surface area contributed by atoms with Crippen LogP contribution in [0.3, 0.4) is 0 Å². The summed E-state index contributed by atoms with van der Waals surface area (Å²) in [7, 11) is 0. The van der Waals surface area contributed by atoms with E-state index >= 15 is 0 Å². The van der Waals surface area contributed by atoms with E-state index in [1.165, 1.54) is 42.2 Å². The molecule has 2 aromatic rings. The first-order valence-electron chi connectivity index (χ1n) is 11.2. The van der Waals surface area contributed by atoms with Crippen LogP contribution in [0.5, 0.6) is 0 Å². The first-order valence-corrected chi connectivity index (χ1v) is 12.5. The van der Waals surface area contributed by atoms with E-state index in [1.54, 1.807) is 24.2 Å². The average Bonchev–Trinajstić information content (AvgIpc) is 3.25. The van der Waals surface area contributed by atoms with Crippen molar-refractivity contribution >= 4 is 3.21 Å². The van der Waals surface area contributed by atoms with Crippen LogP contribution in [-0.4, -0.2) is 3.21 Å².